The third-order valence-electron chi connectivity index (χ3n) is 3.25. The standard InChI is InChI=1S/C16H17ClN2O/c1-12-10-15(17)7-6-14(12)11-19(18)16-5-3-2-4-13(16)8-9-20/h2-7,9-10H,8,11,18H2,1H3. The maximum Gasteiger partial charge on any atom is 0.124 e. The molecule has 2 N–H and O–H groups in total. The zero-order chi connectivity index (χ0) is 14.5. The van der Waals surface area contributed by atoms with E-state index >= 15 is 0 Å². The van der Waals surface area contributed by atoms with Gasteiger partial charge in [0.2, 0.25) is 0 Å². The minimum atomic E-state index is 0.365. The molecule has 0 aliphatic rings. The number of aldehydes is 1. The minimum absolute atomic E-state index is 0.365. The molecule has 104 valence electrons. The van der Waals surface area contributed by atoms with E-state index in [0.29, 0.717) is 13.0 Å². The van der Waals surface area contributed by atoms with Gasteiger partial charge in [0, 0.05) is 11.4 Å². The molecule has 20 heavy (non-hydrogen) atoms. The van der Waals surface area contributed by atoms with E-state index in [9.17, 15) is 4.79 Å². The molecular formula is C16H17ClN2O. The Kier molecular flexibility index (Phi) is 4.77. The fraction of sp³-hybridized carbons (Fsp3) is 0.188. The van der Waals surface area contributed by atoms with Gasteiger partial charge in [-0.25, -0.2) is 5.84 Å². The Hall–Kier alpha value is -1.84. The van der Waals surface area contributed by atoms with Crippen LogP contribution in [0.3, 0.4) is 0 Å². The van der Waals surface area contributed by atoms with Gasteiger partial charge in [-0.1, -0.05) is 35.9 Å². The quantitative estimate of drug-likeness (QED) is 0.522. The molecule has 0 aromatic heterocycles. The van der Waals surface area contributed by atoms with Gasteiger partial charge in [0.05, 0.1) is 12.2 Å². The summed E-state index contributed by atoms with van der Waals surface area (Å²) in [6.07, 6.45) is 1.25. The van der Waals surface area contributed by atoms with Crippen molar-refractivity contribution in [3.8, 4) is 0 Å². The van der Waals surface area contributed by atoms with E-state index in [4.69, 9.17) is 17.4 Å². The van der Waals surface area contributed by atoms with Crippen molar-refractivity contribution >= 4 is 23.6 Å². The summed E-state index contributed by atoms with van der Waals surface area (Å²) in [7, 11) is 0. The fourth-order valence-electron chi connectivity index (χ4n) is 2.16. The molecule has 0 fully saturated rings. The minimum Gasteiger partial charge on any atom is -0.306 e. The van der Waals surface area contributed by atoms with Gasteiger partial charge < -0.3 is 9.80 Å². The summed E-state index contributed by atoms with van der Waals surface area (Å²) < 4.78 is 0. The second-order valence-electron chi connectivity index (χ2n) is 4.70. The van der Waals surface area contributed by atoms with E-state index < -0.39 is 0 Å². The van der Waals surface area contributed by atoms with Crippen LogP contribution in [0.15, 0.2) is 42.5 Å². The molecule has 0 spiro atoms. The van der Waals surface area contributed by atoms with Crippen LogP contribution in [0, 0.1) is 6.92 Å². The zero-order valence-corrected chi connectivity index (χ0v) is 12.1. The molecule has 3 nitrogen and oxygen atoms in total. The van der Waals surface area contributed by atoms with Crippen LogP contribution in [0.1, 0.15) is 16.7 Å². The van der Waals surface area contributed by atoms with Crippen LogP contribution in [-0.2, 0) is 17.8 Å². The van der Waals surface area contributed by atoms with Crippen LogP contribution in [0.25, 0.3) is 0 Å². The van der Waals surface area contributed by atoms with Crippen molar-refractivity contribution in [3.05, 3.63) is 64.2 Å². The van der Waals surface area contributed by atoms with E-state index in [2.05, 4.69) is 0 Å². The predicted octanol–water partition coefficient (Wildman–Crippen LogP) is 3.27. The first-order valence-corrected chi connectivity index (χ1v) is 6.78. The highest BCUT2D eigenvalue weighted by atomic mass is 35.5. The molecule has 4 heteroatoms. The normalized spacial score (nSPS) is 10.3. The first kappa shape index (κ1) is 14.6. The van der Waals surface area contributed by atoms with Crippen molar-refractivity contribution in [3.63, 3.8) is 0 Å². The molecule has 0 aliphatic heterocycles. The summed E-state index contributed by atoms with van der Waals surface area (Å²) >= 11 is 5.95. The molecule has 0 radical (unpaired) electrons. The molecule has 0 heterocycles. The number of para-hydroxylation sites is 1. The number of rotatable bonds is 5. The number of hydrogen-bond donors (Lipinski definition) is 1. The third-order valence-corrected chi connectivity index (χ3v) is 3.48. The molecule has 0 unspecified atom stereocenters. The summed E-state index contributed by atoms with van der Waals surface area (Å²) in [5.41, 5.74) is 4.00. The summed E-state index contributed by atoms with van der Waals surface area (Å²) in [6.45, 7) is 2.57. The third kappa shape index (κ3) is 3.38. The number of carbonyl (C=O) groups excluding carboxylic acids is 1. The van der Waals surface area contributed by atoms with E-state index in [1.165, 1.54) is 0 Å². The molecule has 2 rings (SSSR count). The van der Waals surface area contributed by atoms with Gasteiger partial charge in [0.15, 0.2) is 0 Å². The van der Waals surface area contributed by atoms with Crippen molar-refractivity contribution in [2.75, 3.05) is 5.01 Å². The van der Waals surface area contributed by atoms with E-state index in [1.807, 2.05) is 49.4 Å². The van der Waals surface area contributed by atoms with Crippen LogP contribution in [0.2, 0.25) is 5.02 Å². The number of nitrogens with two attached hydrogens (primary N) is 1. The Morgan fingerprint density at radius 1 is 1.20 bits per heavy atom. The first-order valence-electron chi connectivity index (χ1n) is 6.40. The highest BCUT2D eigenvalue weighted by Crippen LogP contribution is 2.22. The number of benzene rings is 2. The van der Waals surface area contributed by atoms with Crippen molar-refractivity contribution < 1.29 is 4.79 Å². The largest absolute Gasteiger partial charge is 0.306 e. The maximum atomic E-state index is 10.7. The highest BCUT2D eigenvalue weighted by Gasteiger charge is 2.09. The van der Waals surface area contributed by atoms with Crippen LogP contribution in [0.5, 0.6) is 0 Å². The number of hydrogen-bond acceptors (Lipinski definition) is 3. The molecule has 0 bridgehead atoms. The molecule has 0 atom stereocenters. The van der Waals surface area contributed by atoms with Crippen LogP contribution in [-0.4, -0.2) is 6.29 Å². The lowest BCUT2D eigenvalue weighted by Gasteiger charge is -2.22. The number of carbonyl (C=O) groups is 1. The lowest BCUT2D eigenvalue weighted by Crippen LogP contribution is -2.31. The number of halogens is 1. The monoisotopic (exact) mass is 288 g/mol. The second kappa shape index (κ2) is 6.55. The average molecular weight is 289 g/mol. The average Bonchev–Trinajstić information content (AvgIpc) is 2.43. The van der Waals surface area contributed by atoms with Crippen LogP contribution in [0.4, 0.5) is 5.69 Å². The van der Waals surface area contributed by atoms with Crippen LogP contribution >= 0.6 is 11.6 Å². The topological polar surface area (TPSA) is 46.3 Å². The van der Waals surface area contributed by atoms with E-state index in [0.717, 1.165) is 33.7 Å². The number of hydrazine groups is 1. The molecule has 0 saturated carbocycles. The molecule has 0 saturated heterocycles. The van der Waals surface area contributed by atoms with Crippen molar-refractivity contribution in [1.82, 2.24) is 0 Å². The lowest BCUT2D eigenvalue weighted by molar-refractivity contribution is -0.107. The van der Waals surface area contributed by atoms with Gasteiger partial charge in [-0.05, 0) is 41.8 Å². The molecule has 0 aliphatic carbocycles. The summed E-state index contributed by atoms with van der Waals surface area (Å²) in [4.78, 5) is 10.7. The van der Waals surface area contributed by atoms with Gasteiger partial charge in [0.1, 0.15) is 6.29 Å². The molecule has 0 amide bonds. The predicted molar refractivity (Wildman–Crippen MR) is 82.8 cm³/mol. The Morgan fingerprint density at radius 3 is 2.65 bits per heavy atom. The van der Waals surface area contributed by atoms with E-state index in [1.54, 1.807) is 5.01 Å². The Labute approximate surface area is 123 Å². The number of nitrogens with zero attached hydrogens (tertiary/aromatic N) is 1. The molecule has 2 aromatic rings. The summed E-state index contributed by atoms with van der Waals surface area (Å²) in [5, 5.41) is 2.38. The van der Waals surface area contributed by atoms with Crippen molar-refractivity contribution in [2.24, 2.45) is 5.84 Å². The van der Waals surface area contributed by atoms with Crippen molar-refractivity contribution in [1.29, 1.82) is 0 Å². The smallest absolute Gasteiger partial charge is 0.124 e. The molecule has 2 aromatic carbocycles. The Balaban J connectivity index is 2.23. The number of anilines is 1. The van der Waals surface area contributed by atoms with Crippen molar-refractivity contribution in [2.45, 2.75) is 19.9 Å². The van der Waals surface area contributed by atoms with Gasteiger partial charge >= 0.3 is 0 Å². The van der Waals surface area contributed by atoms with Gasteiger partial charge in [-0.2, -0.15) is 0 Å². The summed E-state index contributed by atoms with van der Waals surface area (Å²) in [5.74, 6) is 6.15. The van der Waals surface area contributed by atoms with Gasteiger partial charge in [-0.3, -0.25) is 0 Å². The summed E-state index contributed by atoms with van der Waals surface area (Å²) in [6, 6.07) is 13.4. The number of aryl methyl sites for hydroxylation is 1. The Bertz CT molecular complexity index is 613. The lowest BCUT2D eigenvalue weighted by atomic mass is 10.1. The fourth-order valence-corrected chi connectivity index (χ4v) is 2.39. The van der Waals surface area contributed by atoms with Crippen LogP contribution < -0.4 is 10.9 Å². The van der Waals surface area contributed by atoms with E-state index in [-0.39, 0.29) is 0 Å². The zero-order valence-electron chi connectivity index (χ0n) is 11.3. The SMILES string of the molecule is Cc1cc(Cl)ccc1CN(N)c1ccccc1CC=O. The highest BCUT2D eigenvalue weighted by molar-refractivity contribution is 6.30. The first-order chi connectivity index (χ1) is 9.61. The Morgan fingerprint density at radius 2 is 1.95 bits per heavy atom. The molecular weight excluding hydrogens is 272 g/mol. The van der Waals surface area contributed by atoms with Gasteiger partial charge in [0.25, 0.3) is 0 Å². The maximum absolute atomic E-state index is 10.7. The van der Waals surface area contributed by atoms with Gasteiger partial charge in [-0.15, -0.1) is 0 Å². The second-order valence-corrected chi connectivity index (χ2v) is 5.13.